The van der Waals surface area contributed by atoms with Gasteiger partial charge in [0.05, 0.1) is 5.25 Å². The van der Waals surface area contributed by atoms with Gasteiger partial charge in [-0.3, -0.25) is 4.79 Å². The molecule has 1 aliphatic carbocycles. The first-order valence-corrected chi connectivity index (χ1v) is 7.75. The van der Waals surface area contributed by atoms with Crippen LogP contribution in [0, 0.1) is 5.92 Å². The maximum absolute atomic E-state index is 12.2. The van der Waals surface area contributed by atoms with Crippen LogP contribution in [0.3, 0.4) is 0 Å². The third-order valence-electron chi connectivity index (χ3n) is 3.80. The lowest BCUT2D eigenvalue weighted by molar-refractivity contribution is -0.144. The number of nitrogens with one attached hydrogen (secondary N) is 1. The number of aliphatic carboxylic acids is 1. The minimum Gasteiger partial charge on any atom is -0.480 e. The maximum Gasteiger partial charge on any atom is 0.324 e. The predicted molar refractivity (Wildman–Crippen MR) is 64.7 cm³/mol. The molecule has 2 aliphatic rings. The fourth-order valence-electron chi connectivity index (χ4n) is 2.33. The van der Waals surface area contributed by atoms with E-state index in [1.165, 1.54) is 6.92 Å². The molecule has 0 spiro atoms. The van der Waals surface area contributed by atoms with Crippen molar-refractivity contribution in [3.05, 3.63) is 0 Å². The summed E-state index contributed by atoms with van der Waals surface area (Å²) in [5, 5.41) is 8.71. The largest absolute Gasteiger partial charge is 0.480 e. The molecule has 0 aromatic heterocycles. The van der Waals surface area contributed by atoms with Crippen LogP contribution in [-0.4, -0.2) is 43.5 Å². The molecule has 1 unspecified atom stereocenters. The Bertz CT molecular complexity index is 425. The lowest BCUT2D eigenvalue weighted by atomic mass is 9.98. The first kappa shape index (κ1) is 13.8. The van der Waals surface area contributed by atoms with Crippen LogP contribution in [-0.2, 0) is 19.6 Å². The van der Waals surface area contributed by atoms with Gasteiger partial charge in [-0.05, 0) is 38.5 Å². The van der Waals surface area contributed by atoms with Crippen LogP contribution in [0.2, 0.25) is 0 Å². The zero-order valence-corrected chi connectivity index (χ0v) is 11.2. The number of rotatable bonds is 5. The fraction of sp³-hybridized carbons (Fsp3) is 0.909. The Morgan fingerprint density at radius 1 is 1.28 bits per heavy atom. The zero-order chi connectivity index (χ0) is 13.4. The molecule has 7 heteroatoms. The normalized spacial score (nSPS) is 25.6. The van der Waals surface area contributed by atoms with Crippen molar-refractivity contribution in [1.82, 2.24) is 4.72 Å². The lowest BCUT2D eigenvalue weighted by Crippen LogP contribution is -2.56. The Morgan fingerprint density at radius 3 is 2.28 bits per heavy atom. The summed E-state index contributed by atoms with van der Waals surface area (Å²) in [4.78, 5) is 11.3. The van der Waals surface area contributed by atoms with Gasteiger partial charge in [0.2, 0.25) is 10.0 Å². The van der Waals surface area contributed by atoms with E-state index in [1.54, 1.807) is 0 Å². The third-order valence-corrected chi connectivity index (χ3v) is 5.86. The number of sulfonamides is 1. The second kappa shape index (κ2) is 4.79. The van der Waals surface area contributed by atoms with Gasteiger partial charge in [-0.15, -0.1) is 0 Å². The molecule has 1 aliphatic heterocycles. The maximum atomic E-state index is 12.2. The summed E-state index contributed by atoms with van der Waals surface area (Å²) in [6.07, 6.45) is 2.38. The molecule has 1 saturated carbocycles. The molecule has 18 heavy (non-hydrogen) atoms. The molecule has 0 radical (unpaired) electrons. The van der Waals surface area contributed by atoms with Gasteiger partial charge < -0.3 is 9.84 Å². The van der Waals surface area contributed by atoms with E-state index in [2.05, 4.69) is 4.72 Å². The molecule has 2 fully saturated rings. The standard InChI is InChI=1S/C11H19NO5S/c1-11(10(13)14,8-2-3-8)12-18(15,16)9-4-6-17-7-5-9/h8-9,12H,2-7H2,1H3,(H,13,14). The van der Waals surface area contributed by atoms with Gasteiger partial charge in [0, 0.05) is 13.2 Å². The van der Waals surface area contributed by atoms with E-state index in [0.717, 1.165) is 12.8 Å². The lowest BCUT2D eigenvalue weighted by Gasteiger charge is -2.30. The molecular formula is C11H19NO5S. The average Bonchev–Trinajstić information content (AvgIpc) is 3.13. The molecule has 1 heterocycles. The van der Waals surface area contributed by atoms with Crippen LogP contribution >= 0.6 is 0 Å². The highest BCUT2D eigenvalue weighted by Crippen LogP contribution is 2.40. The van der Waals surface area contributed by atoms with E-state index in [9.17, 15) is 18.3 Å². The van der Waals surface area contributed by atoms with Gasteiger partial charge in [0.1, 0.15) is 5.54 Å². The van der Waals surface area contributed by atoms with Crippen molar-refractivity contribution in [2.45, 2.75) is 43.4 Å². The topological polar surface area (TPSA) is 92.7 Å². The average molecular weight is 277 g/mol. The van der Waals surface area contributed by atoms with Crippen molar-refractivity contribution >= 4 is 16.0 Å². The third kappa shape index (κ3) is 2.67. The van der Waals surface area contributed by atoms with Crippen LogP contribution in [0.5, 0.6) is 0 Å². The Kier molecular flexibility index (Phi) is 3.66. The summed E-state index contributed by atoms with van der Waals surface area (Å²) in [6.45, 7) is 2.29. The number of carboxylic acid groups (broad SMARTS) is 1. The van der Waals surface area contributed by atoms with Crippen molar-refractivity contribution in [2.75, 3.05) is 13.2 Å². The van der Waals surface area contributed by atoms with Crippen LogP contribution in [0.1, 0.15) is 32.6 Å². The van der Waals surface area contributed by atoms with Gasteiger partial charge in [-0.25, -0.2) is 8.42 Å². The number of ether oxygens (including phenoxy) is 1. The number of hydrogen-bond donors (Lipinski definition) is 2. The number of carboxylic acids is 1. The van der Waals surface area contributed by atoms with E-state index < -0.39 is 26.8 Å². The smallest absolute Gasteiger partial charge is 0.324 e. The second-order valence-corrected chi connectivity index (χ2v) is 7.20. The van der Waals surface area contributed by atoms with Crippen LogP contribution < -0.4 is 4.72 Å². The predicted octanol–water partition coefficient (Wildman–Crippen LogP) is 0.338. The molecule has 2 rings (SSSR count). The minimum atomic E-state index is -3.60. The highest BCUT2D eigenvalue weighted by atomic mass is 32.2. The molecule has 1 saturated heterocycles. The van der Waals surface area contributed by atoms with Crippen LogP contribution in [0.4, 0.5) is 0 Å². The number of carbonyl (C=O) groups is 1. The van der Waals surface area contributed by atoms with Crippen molar-refractivity contribution in [1.29, 1.82) is 0 Å². The van der Waals surface area contributed by atoms with Crippen molar-refractivity contribution in [3.63, 3.8) is 0 Å². The van der Waals surface area contributed by atoms with Crippen molar-refractivity contribution in [3.8, 4) is 0 Å². The highest BCUT2D eigenvalue weighted by Gasteiger charge is 2.50. The quantitative estimate of drug-likeness (QED) is 0.756. The zero-order valence-electron chi connectivity index (χ0n) is 10.4. The first-order chi connectivity index (χ1) is 8.36. The molecule has 6 nitrogen and oxygen atoms in total. The molecule has 104 valence electrons. The molecule has 0 aromatic rings. The summed E-state index contributed by atoms with van der Waals surface area (Å²) in [5.74, 6) is -1.19. The summed E-state index contributed by atoms with van der Waals surface area (Å²) >= 11 is 0. The molecular weight excluding hydrogens is 258 g/mol. The SMILES string of the molecule is CC(NS(=O)(=O)C1CCOCC1)(C(=O)O)C1CC1. The van der Waals surface area contributed by atoms with E-state index in [0.29, 0.717) is 26.1 Å². The van der Waals surface area contributed by atoms with E-state index >= 15 is 0 Å². The van der Waals surface area contributed by atoms with Gasteiger partial charge in [0.25, 0.3) is 0 Å². The summed E-state index contributed by atoms with van der Waals surface area (Å²) in [5.41, 5.74) is -1.36. The Balaban J connectivity index is 2.12. The van der Waals surface area contributed by atoms with E-state index in [1.807, 2.05) is 0 Å². The van der Waals surface area contributed by atoms with Gasteiger partial charge in [0.15, 0.2) is 0 Å². The van der Waals surface area contributed by atoms with Crippen LogP contribution in [0.15, 0.2) is 0 Å². The minimum absolute atomic E-state index is 0.0929. The molecule has 1 atom stereocenters. The molecule has 0 aromatic carbocycles. The van der Waals surface area contributed by atoms with Crippen molar-refractivity contribution < 1.29 is 23.1 Å². The molecule has 0 amide bonds. The summed E-state index contributed by atoms with van der Waals surface area (Å²) in [7, 11) is -3.60. The van der Waals surface area contributed by atoms with Crippen molar-refractivity contribution in [2.24, 2.45) is 5.92 Å². The van der Waals surface area contributed by atoms with Gasteiger partial charge in [-0.1, -0.05) is 0 Å². The Morgan fingerprint density at radius 2 is 1.83 bits per heavy atom. The number of hydrogen-bond acceptors (Lipinski definition) is 4. The Labute approximate surface area is 107 Å². The monoisotopic (exact) mass is 277 g/mol. The highest BCUT2D eigenvalue weighted by molar-refractivity contribution is 7.90. The first-order valence-electron chi connectivity index (χ1n) is 6.20. The van der Waals surface area contributed by atoms with Gasteiger partial charge in [-0.2, -0.15) is 4.72 Å². The van der Waals surface area contributed by atoms with E-state index in [-0.39, 0.29) is 5.92 Å². The second-order valence-electron chi connectivity index (χ2n) is 5.24. The van der Waals surface area contributed by atoms with E-state index in [4.69, 9.17) is 4.74 Å². The fourth-order valence-corrected chi connectivity index (χ4v) is 4.15. The molecule has 0 bridgehead atoms. The van der Waals surface area contributed by atoms with Gasteiger partial charge >= 0.3 is 5.97 Å². The van der Waals surface area contributed by atoms with Crippen LogP contribution in [0.25, 0.3) is 0 Å². The molecule has 2 N–H and O–H groups in total. The Hall–Kier alpha value is -0.660. The summed E-state index contributed by atoms with van der Waals surface area (Å²) in [6, 6.07) is 0. The summed E-state index contributed by atoms with van der Waals surface area (Å²) < 4.78 is 32.0.